The lowest BCUT2D eigenvalue weighted by atomic mass is 10.1. The summed E-state index contributed by atoms with van der Waals surface area (Å²) in [6.45, 7) is 8.07. The molecule has 8 nitrogen and oxygen atoms in total. The molecule has 3 rings (SSSR count). The summed E-state index contributed by atoms with van der Waals surface area (Å²) in [5, 5.41) is 11.3. The van der Waals surface area contributed by atoms with Gasteiger partial charge in [-0.2, -0.15) is 0 Å². The molecule has 0 aliphatic rings. The Morgan fingerprint density at radius 1 is 0.927 bits per heavy atom. The fourth-order valence-corrected chi connectivity index (χ4v) is 4.06. The molecule has 0 spiro atoms. The lowest BCUT2D eigenvalue weighted by Crippen LogP contribution is -2.40. The topological polar surface area (TPSA) is 94.5 Å². The second-order valence-electron chi connectivity index (χ2n) is 10.4. The van der Waals surface area contributed by atoms with Crippen LogP contribution in [0, 0.1) is 0 Å². The highest BCUT2D eigenvalue weighted by atomic mass is 35.5. The Labute approximate surface area is 246 Å². The Morgan fingerprint density at radius 3 is 2.34 bits per heavy atom. The number of carbonyl (C=O) groups is 2. The molecule has 0 aliphatic carbocycles. The third-order valence-corrected chi connectivity index (χ3v) is 6.07. The Morgan fingerprint density at radius 2 is 1.66 bits per heavy atom. The second kappa shape index (κ2) is 15.3. The SMILES string of the molecule is CCOC(=O)COc1cccc(COc2ccc(CCN(C[C@H](O)c3cccc(Cl)c3)C(=O)OC(C)(C)C)cc2)c1. The highest BCUT2D eigenvalue weighted by molar-refractivity contribution is 6.30. The van der Waals surface area contributed by atoms with Gasteiger partial charge < -0.3 is 29.0 Å². The van der Waals surface area contributed by atoms with Crippen molar-refractivity contribution in [3.63, 3.8) is 0 Å². The van der Waals surface area contributed by atoms with E-state index in [0.717, 1.165) is 11.1 Å². The van der Waals surface area contributed by atoms with Gasteiger partial charge in [-0.05, 0) is 87.2 Å². The Balaban J connectivity index is 1.56. The second-order valence-corrected chi connectivity index (χ2v) is 10.9. The zero-order chi connectivity index (χ0) is 29.8. The van der Waals surface area contributed by atoms with Gasteiger partial charge in [0.2, 0.25) is 0 Å². The minimum absolute atomic E-state index is 0.0685. The molecular weight excluding hydrogens is 546 g/mol. The molecule has 0 aliphatic heterocycles. The van der Waals surface area contributed by atoms with Crippen molar-refractivity contribution < 1.29 is 33.6 Å². The van der Waals surface area contributed by atoms with Gasteiger partial charge in [0.25, 0.3) is 0 Å². The Kier molecular flexibility index (Phi) is 11.9. The molecule has 1 atom stereocenters. The van der Waals surface area contributed by atoms with E-state index in [1.165, 1.54) is 4.90 Å². The fraction of sp³-hybridized carbons (Fsp3) is 0.375. The van der Waals surface area contributed by atoms with Crippen molar-refractivity contribution in [2.75, 3.05) is 26.3 Å². The van der Waals surface area contributed by atoms with Crippen LogP contribution < -0.4 is 9.47 Å². The number of hydrogen-bond acceptors (Lipinski definition) is 7. The van der Waals surface area contributed by atoms with Crippen LogP contribution in [-0.2, 0) is 27.3 Å². The molecule has 3 aromatic rings. The first-order chi connectivity index (χ1) is 19.5. The number of amides is 1. The largest absolute Gasteiger partial charge is 0.489 e. The van der Waals surface area contributed by atoms with Crippen LogP contribution in [0.4, 0.5) is 4.79 Å². The van der Waals surface area contributed by atoms with Crippen molar-refractivity contribution in [2.24, 2.45) is 0 Å². The van der Waals surface area contributed by atoms with Crippen LogP contribution in [0.1, 0.15) is 50.5 Å². The van der Waals surface area contributed by atoms with Gasteiger partial charge in [0, 0.05) is 11.6 Å². The van der Waals surface area contributed by atoms with Gasteiger partial charge in [0.05, 0.1) is 19.3 Å². The quantitative estimate of drug-likeness (QED) is 0.233. The highest BCUT2D eigenvalue weighted by Crippen LogP contribution is 2.21. The predicted octanol–water partition coefficient (Wildman–Crippen LogP) is 6.37. The number of esters is 1. The molecule has 0 bridgehead atoms. The molecule has 0 radical (unpaired) electrons. The first-order valence-electron chi connectivity index (χ1n) is 13.5. The molecule has 1 amide bonds. The summed E-state index contributed by atoms with van der Waals surface area (Å²) >= 11 is 6.08. The van der Waals surface area contributed by atoms with Crippen molar-refractivity contribution in [3.8, 4) is 11.5 Å². The van der Waals surface area contributed by atoms with Gasteiger partial charge in [-0.1, -0.05) is 48.0 Å². The van der Waals surface area contributed by atoms with Gasteiger partial charge in [0.15, 0.2) is 6.61 Å². The summed E-state index contributed by atoms with van der Waals surface area (Å²) in [6, 6.07) is 21.9. The first kappa shape index (κ1) is 31.8. The zero-order valence-corrected chi connectivity index (χ0v) is 24.7. The summed E-state index contributed by atoms with van der Waals surface area (Å²) in [4.78, 5) is 26.0. The van der Waals surface area contributed by atoms with Crippen molar-refractivity contribution in [2.45, 2.75) is 52.4 Å². The van der Waals surface area contributed by atoms with Crippen molar-refractivity contribution in [3.05, 3.63) is 94.5 Å². The zero-order valence-electron chi connectivity index (χ0n) is 24.0. The molecule has 0 saturated carbocycles. The summed E-state index contributed by atoms with van der Waals surface area (Å²) in [5.41, 5.74) is 1.85. The molecule has 41 heavy (non-hydrogen) atoms. The number of nitrogens with zero attached hydrogens (tertiary/aromatic N) is 1. The van der Waals surface area contributed by atoms with Gasteiger partial charge in [-0.25, -0.2) is 9.59 Å². The van der Waals surface area contributed by atoms with Crippen LogP contribution in [0.2, 0.25) is 5.02 Å². The van der Waals surface area contributed by atoms with Gasteiger partial charge in [-0.15, -0.1) is 0 Å². The number of halogens is 1. The molecule has 0 aromatic heterocycles. The lowest BCUT2D eigenvalue weighted by Gasteiger charge is -2.29. The van der Waals surface area contributed by atoms with E-state index in [0.29, 0.717) is 48.3 Å². The normalized spacial score (nSPS) is 11.9. The fourth-order valence-electron chi connectivity index (χ4n) is 3.86. The summed E-state index contributed by atoms with van der Waals surface area (Å²) < 4.78 is 21.9. The van der Waals surface area contributed by atoms with Crippen LogP contribution in [0.3, 0.4) is 0 Å². The van der Waals surface area contributed by atoms with Gasteiger partial charge in [-0.3, -0.25) is 0 Å². The number of ether oxygens (including phenoxy) is 4. The molecule has 9 heteroatoms. The maximum absolute atomic E-state index is 12.9. The average molecular weight is 584 g/mol. The van der Waals surface area contributed by atoms with Crippen LogP contribution >= 0.6 is 11.6 Å². The Hall–Kier alpha value is -3.75. The molecule has 0 fully saturated rings. The predicted molar refractivity (Wildman–Crippen MR) is 157 cm³/mol. The number of rotatable bonds is 13. The number of aliphatic hydroxyl groups is 1. The van der Waals surface area contributed by atoms with Gasteiger partial charge in [0.1, 0.15) is 23.7 Å². The number of benzene rings is 3. The Bertz CT molecular complexity index is 1270. The smallest absolute Gasteiger partial charge is 0.410 e. The van der Waals surface area contributed by atoms with E-state index < -0.39 is 23.8 Å². The molecule has 0 saturated heterocycles. The van der Waals surface area contributed by atoms with E-state index in [-0.39, 0.29) is 13.2 Å². The molecular formula is C32H38ClNO7. The number of carbonyl (C=O) groups excluding carboxylic acids is 2. The van der Waals surface area contributed by atoms with Crippen molar-refractivity contribution in [1.29, 1.82) is 0 Å². The van der Waals surface area contributed by atoms with Crippen LogP contribution in [0.15, 0.2) is 72.8 Å². The highest BCUT2D eigenvalue weighted by Gasteiger charge is 2.24. The molecule has 3 aromatic carbocycles. The molecule has 1 N–H and O–H groups in total. The maximum atomic E-state index is 12.9. The summed E-state index contributed by atoms with van der Waals surface area (Å²) in [6.07, 6.45) is -0.847. The lowest BCUT2D eigenvalue weighted by molar-refractivity contribution is -0.145. The van der Waals surface area contributed by atoms with Crippen LogP contribution in [0.5, 0.6) is 11.5 Å². The van der Waals surface area contributed by atoms with Gasteiger partial charge >= 0.3 is 12.1 Å². The number of aliphatic hydroxyl groups excluding tert-OH is 1. The summed E-state index contributed by atoms with van der Waals surface area (Å²) in [5.74, 6) is 0.831. The molecule has 0 heterocycles. The van der Waals surface area contributed by atoms with E-state index >= 15 is 0 Å². The number of hydrogen-bond donors (Lipinski definition) is 1. The monoisotopic (exact) mass is 583 g/mol. The van der Waals surface area contributed by atoms with Crippen LogP contribution in [0.25, 0.3) is 0 Å². The third-order valence-electron chi connectivity index (χ3n) is 5.84. The minimum Gasteiger partial charge on any atom is -0.489 e. The average Bonchev–Trinajstić information content (AvgIpc) is 2.93. The van der Waals surface area contributed by atoms with E-state index in [1.54, 1.807) is 37.3 Å². The summed E-state index contributed by atoms with van der Waals surface area (Å²) in [7, 11) is 0. The molecule has 0 unspecified atom stereocenters. The van der Waals surface area contributed by atoms with E-state index in [1.807, 2.05) is 63.2 Å². The molecule has 220 valence electrons. The van der Waals surface area contributed by atoms with E-state index in [2.05, 4.69) is 0 Å². The standard InChI is InChI=1S/C32H38ClNO7/c1-5-38-30(36)22-40-28-11-6-8-24(18-28)21-39-27-14-12-23(13-15-27)16-17-34(31(37)41-32(2,3)4)20-29(35)25-9-7-10-26(33)19-25/h6-15,18-19,29,35H,5,16-17,20-22H2,1-4H3/t29-/m0/s1. The first-order valence-corrected chi connectivity index (χ1v) is 13.9. The van der Waals surface area contributed by atoms with E-state index in [9.17, 15) is 14.7 Å². The van der Waals surface area contributed by atoms with E-state index in [4.69, 9.17) is 30.5 Å². The minimum atomic E-state index is -0.911. The van der Waals surface area contributed by atoms with Crippen molar-refractivity contribution >= 4 is 23.7 Å². The maximum Gasteiger partial charge on any atom is 0.410 e. The van der Waals surface area contributed by atoms with Crippen LogP contribution in [-0.4, -0.2) is 54.0 Å². The third kappa shape index (κ3) is 11.3. The van der Waals surface area contributed by atoms with Crippen molar-refractivity contribution in [1.82, 2.24) is 4.90 Å².